The van der Waals surface area contributed by atoms with Crippen LogP contribution < -0.4 is 10.3 Å². The third kappa shape index (κ3) is 4.69. The molecule has 0 radical (unpaired) electrons. The van der Waals surface area contributed by atoms with Gasteiger partial charge in [-0.3, -0.25) is 14.2 Å². The summed E-state index contributed by atoms with van der Waals surface area (Å²) in [7, 11) is 2.15. The lowest BCUT2D eigenvalue weighted by Gasteiger charge is -2.28. The van der Waals surface area contributed by atoms with E-state index in [0.717, 1.165) is 37.1 Å². The highest BCUT2D eigenvalue weighted by Gasteiger charge is 2.32. The molecule has 40 heavy (non-hydrogen) atoms. The van der Waals surface area contributed by atoms with Gasteiger partial charge in [-0.15, -0.1) is 0 Å². The van der Waals surface area contributed by atoms with Crippen molar-refractivity contribution < 1.29 is 9.53 Å². The van der Waals surface area contributed by atoms with Gasteiger partial charge in [0.15, 0.2) is 11.6 Å². The first-order valence-corrected chi connectivity index (χ1v) is 13.5. The molecule has 4 aromatic rings. The fourth-order valence-electron chi connectivity index (χ4n) is 5.62. The first kappa shape index (κ1) is 25.7. The second-order valence-corrected chi connectivity index (χ2v) is 10.6. The van der Waals surface area contributed by atoms with Crippen molar-refractivity contribution in [1.29, 1.82) is 5.26 Å². The van der Waals surface area contributed by atoms with Gasteiger partial charge >= 0.3 is 0 Å². The molecule has 2 aliphatic rings. The molecule has 1 atom stereocenters. The molecule has 1 aliphatic carbocycles. The van der Waals surface area contributed by atoms with Crippen LogP contribution in [0.5, 0.6) is 5.75 Å². The maximum Gasteiger partial charge on any atom is 0.251 e. The quantitative estimate of drug-likeness (QED) is 0.313. The zero-order valence-electron chi connectivity index (χ0n) is 22.5. The number of hydrogen-bond acceptors (Lipinski definition) is 7. The Morgan fingerprint density at radius 3 is 2.50 bits per heavy atom. The summed E-state index contributed by atoms with van der Waals surface area (Å²) in [6.45, 7) is 4.76. The second-order valence-electron chi connectivity index (χ2n) is 10.6. The summed E-state index contributed by atoms with van der Waals surface area (Å²) >= 11 is 0. The number of ether oxygens (including phenoxy) is 1. The molecule has 1 aliphatic heterocycles. The topological polar surface area (TPSA) is 101 Å². The fraction of sp³-hybridized carbons (Fsp3) is 0.281. The van der Waals surface area contributed by atoms with Crippen LogP contribution in [0.15, 0.2) is 71.8 Å². The van der Waals surface area contributed by atoms with Crippen molar-refractivity contribution in [3.8, 4) is 34.3 Å². The molecule has 3 heterocycles. The normalized spacial score (nSPS) is 15.8. The predicted octanol–water partition coefficient (Wildman–Crippen LogP) is 4.72. The molecule has 0 spiro atoms. The fourth-order valence-corrected chi connectivity index (χ4v) is 5.62. The third-order valence-electron chi connectivity index (χ3n) is 7.99. The minimum absolute atomic E-state index is 0.214. The maximum absolute atomic E-state index is 13.4. The van der Waals surface area contributed by atoms with E-state index in [1.54, 1.807) is 41.2 Å². The smallest absolute Gasteiger partial charge is 0.251 e. The van der Waals surface area contributed by atoms with Crippen LogP contribution in [0, 0.1) is 17.2 Å². The lowest BCUT2D eigenvalue weighted by molar-refractivity contribution is 0.103. The van der Waals surface area contributed by atoms with Gasteiger partial charge in [-0.05, 0) is 87.3 Å². The summed E-state index contributed by atoms with van der Waals surface area (Å²) in [6, 6.07) is 17.6. The van der Waals surface area contributed by atoms with E-state index >= 15 is 0 Å². The van der Waals surface area contributed by atoms with Crippen molar-refractivity contribution >= 4 is 5.78 Å². The molecule has 0 bridgehead atoms. The number of nitrogens with zero attached hydrogens (tertiary/aromatic N) is 5. The Kier molecular flexibility index (Phi) is 6.74. The summed E-state index contributed by atoms with van der Waals surface area (Å²) < 4.78 is 7.51. The number of nitriles is 1. The number of rotatable bonds is 6. The molecule has 0 saturated carbocycles. The number of hydrogen-bond donors (Lipinski definition) is 0. The predicted molar refractivity (Wildman–Crippen MR) is 151 cm³/mol. The van der Waals surface area contributed by atoms with Crippen LogP contribution in [-0.4, -0.2) is 52.0 Å². The third-order valence-corrected chi connectivity index (χ3v) is 7.99. The molecule has 0 amide bonds. The van der Waals surface area contributed by atoms with E-state index in [-0.39, 0.29) is 11.3 Å². The Bertz CT molecular complexity index is 1700. The Labute approximate surface area is 232 Å². The van der Waals surface area contributed by atoms with Crippen LogP contribution in [0.1, 0.15) is 53.0 Å². The highest BCUT2D eigenvalue weighted by Crippen LogP contribution is 2.38. The van der Waals surface area contributed by atoms with Gasteiger partial charge in [0.25, 0.3) is 5.56 Å². The van der Waals surface area contributed by atoms with E-state index < -0.39 is 6.04 Å². The molecule has 1 fully saturated rings. The highest BCUT2D eigenvalue weighted by atomic mass is 16.5. The van der Waals surface area contributed by atoms with Crippen LogP contribution >= 0.6 is 0 Å². The Morgan fingerprint density at radius 2 is 1.75 bits per heavy atom. The second kappa shape index (κ2) is 10.5. The molecule has 0 N–H and O–H groups in total. The molecule has 1 saturated heterocycles. The minimum Gasteiger partial charge on any atom is -0.490 e. The SMILES string of the molecule is C[C@H](c1cccc(-c2ncc(OCC3CCN(C)CC3)cn2)c1)n1c2c(ccc1=O)-c1cc(C#N)ccc1C2=O. The lowest BCUT2D eigenvalue weighted by Crippen LogP contribution is -2.32. The molecule has 0 unspecified atom stereocenters. The summed E-state index contributed by atoms with van der Waals surface area (Å²) in [5.41, 5.74) is 4.05. The monoisotopic (exact) mass is 531 g/mol. The minimum atomic E-state index is -0.423. The standard InChI is InChI=1S/C32H29N5O3/c1-20(37-29(38)9-8-26-28-14-22(16-33)6-7-27(28)31(39)30(26)37)23-4-3-5-24(15-23)32-34-17-25(18-35-32)40-19-21-10-12-36(2)13-11-21/h3-9,14-15,17-18,20-21H,10-13,19H2,1-2H3/t20-/m1/s1. The first-order valence-electron chi connectivity index (χ1n) is 13.5. The van der Waals surface area contributed by atoms with Gasteiger partial charge in [0.05, 0.1) is 36.7 Å². The average molecular weight is 532 g/mol. The van der Waals surface area contributed by atoms with Gasteiger partial charge in [-0.2, -0.15) is 5.26 Å². The van der Waals surface area contributed by atoms with Crippen molar-refractivity contribution in [2.45, 2.75) is 25.8 Å². The van der Waals surface area contributed by atoms with Crippen molar-refractivity contribution in [3.63, 3.8) is 0 Å². The number of benzene rings is 2. The Balaban J connectivity index is 1.25. The number of piperidine rings is 1. The summed E-state index contributed by atoms with van der Waals surface area (Å²) in [5, 5.41) is 9.33. The molecule has 8 heteroatoms. The number of aromatic nitrogens is 3. The summed E-state index contributed by atoms with van der Waals surface area (Å²) in [5.74, 6) is 1.54. The van der Waals surface area contributed by atoms with Crippen LogP contribution in [0.3, 0.4) is 0 Å². The largest absolute Gasteiger partial charge is 0.490 e. The number of carbonyl (C=O) groups is 1. The van der Waals surface area contributed by atoms with Gasteiger partial charge in [-0.1, -0.05) is 18.2 Å². The Morgan fingerprint density at radius 1 is 1.00 bits per heavy atom. The maximum atomic E-state index is 13.4. The zero-order valence-corrected chi connectivity index (χ0v) is 22.5. The van der Waals surface area contributed by atoms with Crippen molar-refractivity contribution in [3.05, 3.63) is 99.7 Å². The van der Waals surface area contributed by atoms with Gasteiger partial charge in [0.1, 0.15) is 5.69 Å². The number of ketones is 1. The van der Waals surface area contributed by atoms with E-state index in [4.69, 9.17) is 4.74 Å². The van der Waals surface area contributed by atoms with E-state index in [1.807, 2.05) is 31.2 Å². The van der Waals surface area contributed by atoms with E-state index in [1.165, 1.54) is 6.07 Å². The zero-order chi connectivity index (χ0) is 27.8. The van der Waals surface area contributed by atoms with E-state index in [0.29, 0.717) is 52.0 Å². The van der Waals surface area contributed by atoms with Gasteiger partial charge in [0, 0.05) is 22.8 Å². The number of fused-ring (bicyclic) bond motifs is 3. The van der Waals surface area contributed by atoms with E-state index in [2.05, 4.69) is 28.0 Å². The Hall–Kier alpha value is -4.61. The van der Waals surface area contributed by atoms with Crippen LogP contribution in [0.25, 0.3) is 22.5 Å². The van der Waals surface area contributed by atoms with Crippen molar-refractivity contribution in [2.75, 3.05) is 26.7 Å². The summed E-state index contributed by atoms with van der Waals surface area (Å²) in [4.78, 5) is 37.9. The highest BCUT2D eigenvalue weighted by molar-refractivity contribution is 6.20. The molecular weight excluding hydrogens is 502 g/mol. The molecule has 2 aromatic heterocycles. The molecule has 8 nitrogen and oxygen atoms in total. The number of pyridine rings is 1. The van der Waals surface area contributed by atoms with Crippen LogP contribution in [-0.2, 0) is 0 Å². The lowest BCUT2D eigenvalue weighted by atomic mass is 9.98. The van der Waals surface area contributed by atoms with Crippen molar-refractivity contribution in [2.24, 2.45) is 5.92 Å². The summed E-state index contributed by atoms with van der Waals surface area (Å²) in [6.07, 6.45) is 5.67. The van der Waals surface area contributed by atoms with Crippen LogP contribution in [0.2, 0.25) is 0 Å². The average Bonchev–Trinajstić information content (AvgIpc) is 3.27. The van der Waals surface area contributed by atoms with Crippen molar-refractivity contribution in [1.82, 2.24) is 19.4 Å². The number of likely N-dealkylation sites (tertiary alicyclic amines) is 1. The molecular formula is C32H29N5O3. The van der Waals surface area contributed by atoms with Gasteiger partial charge in [0.2, 0.25) is 5.78 Å². The van der Waals surface area contributed by atoms with Crippen LogP contribution in [0.4, 0.5) is 0 Å². The molecule has 200 valence electrons. The van der Waals surface area contributed by atoms with Gasteiger partial charge in [-0.25, -0.2) is 9.97 Å². The molecule has 6 rings (SSSR count). The van der Waals surface area contributed by atoms with Gasteiger partial charge < -0.3 is 9.64 Å². The molecule has 2 aromatic carbocycles. The first-order chi connectivity index (χ1) is 19.4. The van der Waals surface area contributed by atoms with E-state index in [9.17, 15) is 14.9 Å². The number of carbonyl (C=O) groups excluding carboxylic acids is 1.